The van der Waals surface area contributed by atoms with Crippen LogP contribution in [0, 0.1) is 0 Å². The van der Waals surface area contributed by atoms with Crippen LogP contribution < -0.4 is 11.1 Å². The molecule has 5 heteroatoms. The molecular formula is C7H18N2O2S. The molecule has 0 spiro atoms. The van der Waals surface area contributed by atoms with E-state index in [2.05, 4.69) is 5.32 Å². The van der Waals surface area contributed by atoms with E-state index in [9.17, 15) is 8.42 Å². The van der Waals surface area contributed by atoms with Gasteiger partial charge in [0.2, 0.25) is 0 Å². The van der Waals surface area contributed by atoms with Crippen LogP contribution in [0.2, 0.25) is 0 Å². The van der Waals surface area contributed by atoms with E-state index in [1.807, 2.05) is 6.92 Å². The number of rotatable bonds is 6. The molecule has 0 bridgehead atoms. The highest BCUT2D eigenvalue weighted by Gasteiger charge is 2.02. The van der Waals surface area contributed by atoms with Gasteiger partial charge in [0.25, 0.3) is 0 Å². The number of sulfone groups is 1. The standard InChI is InChI=1S/C7H18N2O2S/c1-7(6-8)9-4-3-5-12(2,10)11/h7,9H,3-6,8H2,1-2H3. The fraction of sp³-hybridized carbons (Fsp3) is 1.00. The lowest BCUT2D eigenvalue weighted by atomic mass is 10.3. The van der Waals surface area contributed by atoms with Crippen molar-refractivity contribution in [1.82, 2.24) is 5.32 Å². The highest BCUT2D eigenvalue weighted by atomic mass is 32.2. The summed E-state index contributed by atoms with van der Waals surface area (Å²) in [7, 11) is -2.80. The van der Waals surface area contributed by atoms with E-state index in [0.29, 0.717) is 19.5 Å². The van der Waals surface area contributed by atoms with Gasteiger partial charge in [0.15, 0.2) is 0 Å². The zero-order valence-corrected chi connectivity index (χ0v) is 8.52. The molecule has 0 aromatic rings. The lowest BCUT2D eigenvalue weighted by Crippen LogP contribution is -2.34. The van der Waals surface area contributed by atoms with Gasteiger partial charge in [-0.1, -0.05) is 0 Å². The molecule has 0 rings (SSSR count). The van der Waals surface area contributed by atoms with Gasteiger partial charge < -0.3 is 11.1 Å². The zero-order valence-electron chi connectivity index (χ0n) is 7.71. The van der Waals surface area contributed by atoms with Crippen LogP contribution in [0.3, 0.4) is 0 Å². The fourth-order valence-corrected chi connectivity index (χ4v) is 1.43. The Balaban J connectivity index is 3.34. The smallest absolute Gasteiger partial charge is 0.147 e. The fourth-order valence-electron chi connectivity index (χ4n) is 0.766. The summed E-state index contributed by atoms with van der Waals surface area (Å²) in [5.74, 6) is 0.247. The highest BCUT2D eigenvalue weighted by Crippen LogP contribution is 1.87. The van der Waals surface area contributed by atoms with Crippen LogP contribution in [0.15, 0.2) is 0 Å². The van der Waals surface area contributed by atoms with Crippen LogP contribution in [0.25, 0.3) is 0 Å². The predicted octanol–water partition coefficient (Wildman–Crippen LogP) is -0.642. The SMILES string of the molecule is CC(CN)NCCCS(C)(=O)=O. The molecule has 0 radical (unpaired) electrons. The Hall–Kier alpha value is -0.130. The van der Waals surface area contributed by atoms with Gasteiger partial charge in [0, 0.05) is 18.8 Å². The van der Waals surface area contributed by atoms with Gasteiger partial charge in [-0.25, -0.2) is 8.42 Å². The van der Waals surface area contributed by atoms with E-state index in [0.717, 1.165) is 0 Å². The number of nitrogens with two attached hydrogens (primary N) is 1. The van der Waals surface area contributed by atoms with Crippen LogP contribution in [0.1, 0.15) is 13.3 Å². The lowest BCUT2D eigenvalue weighted by Gasteiger charge is -2.09. The monoisotopic (exact) mass is 194 g/mol. The largest absolute Gasteiger partial charge is 0.329 e. The molecule has 1 unspecified atom stereocenters. The Bertz CT molecular complexity index is 201. The second kappa shape index (κ2) is 5.50. The van der Waals surface area contributed by atoms with Gasteiger partial charge in [-0.15, -0.1) is 0 Å². The highest BCUT2D eigenvalue weighted by molar-refractivity contribution is 7.90. The second-order valence-electron chi connectivity index (χ2n) is 3.07. The summed E-state index contributed by atoms with van der Waals surface area (Å²) in [5, 5.41) is 3.12. The molecule has 0 heterocycles. The van der Waals surface area contributed by atoms with Crippen molar-refractivity contribution in [3.05, 3.63) is 0 Å². The van der Waals surface area contributed by atoms with Crippen molar-refractivity contribution in [3.8, 4) is 0 Å². The first-order chi connectivity index (χ1) is 5.45. The van der Waals surface area contributed by atoms with Gasteiger partial charge in [-0.3, -0.25) is 0 Å². The molecule has 3 N–H and O–H groups in total. The van der Waals surface area contributed by atoms with Gasteiger partial charge >= 0.3 is 0 Å². The molecular weight excluding hydrogens is 176 g/mol. The third-order valence-corrected chi connectivity index (χ3v) is 2.57. The van der Waals surface area contributed by atoms with Crippen LogP contribution in [0.4, 0.5) is 0 Å². The molecule has 0 aliphatic heterocycles. The molecule has 0 aliphatic rings. The van der Waals surface area contributed by atoms with Crippen molar-refractivity contribution in [3.63, 3.8) is 0 Å². The first-order valence-electron chi connectivity index (χ1n) is 4.07. The summed E-state index contributed by atoms with van der Waals surface area (Å²) in [4.78, 5) is 0. The second-order valence-corrected chi connectivity index (χ2v) is 5.33. The number of nitrogens with one attached hydrogen (secondary N) is 1. The van der Waals surface area contributed by atoms with Crippen LogP contribution in [-0.2, 0) is 9.84 Å². The summed E-state index contributed by atoms with van der Waals surface area (Å²) in [6, 6.07) is 0.268. The minimum absolute atomic E-state index is 0.247. The summed E-state index contributed by atoms with van der Waals surface area (Å²) in [5.41, 5.74) is 5.36. The Morgan fingerprint density at radius 3 is 2.50 bits per heavy atom. The van der Waals surface area contributed by atoms with E-state index in [4.69, 9.17) is 5.73 Å². The first-order valence-corrected chi connectivity index (χ1v) is 6.13. The third-order valence-electron chi connectivity index (χ3n) is 1.54. The molecule has 0 amide bonds. The van der Waals surface area contributed by atoms with E-state index >= 15 is 0 Å². The average molecular weight is 194 g/mol. The molecule has 0 saturated carbocycles. The normalized spacial score (nSPS) is 14.6. The van der Waals surface area contributed by atoms with E-state index < -0.39 is 9.84 Å². The summed E-state index contributed by atoms with van der Waals surface area (Å²) in [6.07, 6.45) is 1.91. The van der Waals surface area contributed by atoms with Gasteiger partial charge in [-0.2, -0.15) is 0 Å². The van der Waals surface area contributed by atoms with Crippen molar-refractivity contribution >= 4 is 9.84 Å². The van der Waals surface area contributed by atoms with E-state index in [1.165, 1.54) is 6.26 Å². The topological polar surface area (TPSA) is 72.2 Å². The molecule has 4 nitrogen and oxygen atoms in total. The molecule has 0 aliphatic carbocycles. The maximum atomic E-state index is 10.7. The Kier molecular flexibility index (Phi) is 5.44. The average Bonchev–Trinajstić information content (AvgIpc) is 1.96. The summed E-state index contributed by atoms with van der Waals surface area (Å²) in [6.45, 7) is 3.27. The van der Waals surface area contributed by atoms with Crippen LogP contribution >= 0.6 is 0 Å². The predicted molar refractivity (Wildman–Crippen MR) is 50.8 cm³/mol. The number of hydrogen-bond donors (Lipinski definition) is 2. The van der Waals surface area contributed by atoms with Crippen molar-refractivity contribution < 1.29 is 8.42 Å². The first kappa shape index (κ1) is 11.9. The maximum Gasteiger partial charge on any atom is 0.147 e. The van der Waals surface area contributed by atoms with Crippen molar-refractivity contribution in [2.75, 3.05) is 25.1 Å². The maximum absolute atomic E-state index is 10.7. The molecule has 12 heavy (non-hydrogen) atoms. The quantitative estimate of drug-likeness (QED) is 0.552. The number of hydrogen-bond acceptors (Lipinski definition) is 4. The zero-order chi connectivity index (χ0) is 9.61. The third kappa shape index (κ3) is 7.97. The molecule has 0 aromatic carbocycles. The van der Waals surface area contributed by atoms with E-state index in [1.54, 1.807) is 0 Å². The Morgan fingerprint density at radius 1 is 1.50 bits per heavy atom. The molecule has 0 fully saturated rings. The minimum atomic E-state index is -2.80. The molecule has 74 valence electrons. The van der Waals surface area contributed by atoms with Crippen LogP contribution in [-0.4, -0.2) is 39.6 Å². The van der Waals surface area contributed by atoms with Crippen molar-refractivity contribution in [1.29, 1.82) is 0 Å². The minimum Gasteiger partial charge on any atom is -0.329 e. The lowest BCUT2D eigenvalue weighted by molar-refractivity contribution is 0.549. The van der Waals surface area contributed by atoms with Crippen LogP contribution in [0.5, 0.6) is 0 Å². The van der Waals surface area contributed by atoms with E-state index in [-0.39, 0.29) is 11.8 Å². The molecule has 0 saturated heterocycles. The van der Waals surface area contributed by atoms with Crippen molar-refractivity contribution in [2.45, 2.75) is 19.4 Å². The molecule has 0 aromatic heterocycles. The van der Waals surface area contributed by atoms with Gasteiger partial charge in [0.05, 0.1) is 5.75 Å². The summed E-state index contributed by atoms with van der Waals surface area (Å²) < 4.78 is 21.4. The Labute approximate surface area is 74.4 Å². The van der Waals surface area contributed by atoms with Crippen molar-refractivity contribution in [2.24, 2.45) is 5.73 Å². The Morgan fingerprint density at radius 2 is 2.08 bits per heavy atom. The molecule has 1 atom stereocenters. The summed E-state index contributed by atoms with van der Waals surface area (Å²) >= 11 is 0. The van der Waals surface area contributed by atoms with Gasteiger partial charge in [0.1, 0.15) is 9.84 Å². The van der Waals surface area contributed by atoms with Gasteiger partial charge in [-0.05, 0) is 19.9 Å².